The molecule has 8 nitrogen and oxygen atoms in total. The topological polar surface area (TPSA) is 78.1 Å². The monoisotopic (exact) mass is 386 g/mol. The Balaban J connectivity index is 1.66. The molecule has 0 N–H and O–H groups in total. The molecule has 2 fully saturated rings. The van der Waals surface area contributed by atoms with Crippen molar-refractivity contribution in [3.05, 3.63) is 29.6 Å². The normalized spacial score (nSPS) is 21.8. The zero-order valence-electron chi connectivity index (χ0n) is 17.3. The molecular weight excluding hydrogens is 356 g/mol. The SMILES string of the molecule is Cc1cc(C(=O)N2CC(c3nncn3CC(C)C)C3(CCOCC3)C2)n(C)n1. The summed E-state index contributed by atoms with van der Waals surface area (Å²) in [6.07, 6.45) is 3.72. The van der Waals surface area contributed by atoms with Crippen LogP contribution in [-0.2, 0) is 18.3 Å². The van der Waals surface area contributed by atoms with Crippen molar-refractivity contribution in [3.63, 3.8) is 0 Å². The van der Waals surface area contributed by atoms with Gasteiger partial charge in [-0.25, -0.2) is 0 Å². The molecule has 1 unspecified atom stereocenters. The van der Waals surface area contributed by atoms with Crippen molar-refractivity contribution < 1.29 is 9.53 Å². The maximum atomic E-state index is 13.3. The van der Waals surface area contributed by atoms with Crippen LogP contribution in [0.5, 0.6) is 0 Å². The van der Waals surface area contributed by atoms with E-state index in [9.17, 15) is 4.79 Å². The summed E-state index contributed by atoms with van der Waals surface area (Å²) < 4.78 is 9.52. The average molecular weight is 387 g/mol. The van der Waals surface area contributed by atoms with Gasteiger partial charge in [0, 0.05) is 51.2 Å². The molecule has 0 aromatic carbocycles. The Hall–Kier alpha value is -2.22. The molecule has 28 heavy (non-hydrogen) atoms. The minimum absolute atomic E-state index is 0.00328. The Labute approximate surface area is 165 Å². The molecule has 4 rings (SSSR count). The van der Waals surface area contributed by atoms with Crippen LogP contribution in [-0.4, -0.2) is 61.7 Å². The van der Waals surface area contributed by atoms with Crippen molar-refractivity contribution in [2.45, 2.75) is 46.1 Å². The first kappa shape index (κ1) is 19.1. The second-order valence-corrected chi connectivity index (χ2v) is 8.74. The predicted molar refractivity (Wildman–Crippen MR) is 104 cm³/mol. The standard InChI is InChI=1S/C20H30N6O2/c1-14(2)10-26-13-21-22-18(26)16-11-25(12-20(16)5-7-28-8-6-20)19(27)17-9-15(3)23-24(17)4/h9,13-14,16H,5-8,10-12H2,1-4H3. The average Bonchev–Trinajstić information content (AvgIpc) is 3.32. The highest BCUT2D eigenvalue weighted by atomic mass is 16.5. The minimum atomic E-state index is 0.00328. The summed E-state index contributed by atoms with van der Waals surface area (Å²) in [6.45, 7) is 10.1. The summed E-state index contributed by atoms with van der Waals surface area (Å²) in [6, 6.07) is 1.87. The zero-order valence-corrected chi connectivity index (χ0v) is 17.3. The van der Waals surface area contributed by atoms with Crippen LogP contribution in [0.4, 0.5) is 0 Å². The number of ether oxygens (including phenoxy) is 1. The van der Waals surface area contributed by atoms with Gasteiger partial charge in [0.25, 0.3) is 5.91 Å². The Morgan fingerprint density at radius 1 is 1.36 bits per heavy atom. The third kappa shape index (κ3) is 3.34. The predicted octanol–water partition coefficient (Wildman–Crippen LogP) is 2.01. The number of hydrogen-bond acceptors (Lipinski definition) is 5. The van der Waals surface area contributed by atoms with Crippen molar-refractivity contribution in [1.29, 1.82) is 0 Å². The molecule has 1 atom stereocenters. The first-order chi connectivity index (χ1) is 13.4. The summed E-state index contributed by atoms with van der Waals surface area (Å²) in [7, 11) is 1.83. The quantitative estimate of drug-likeness (QED) is 0.803. The fraction of sp³-hybridized carbons (Fsp3) is 0.700. The van der Waals surface area contributed by atoms with Gasteiger partial charge in [0.05, 0.1) is 5.69 Å². The van der Waals surface area contributed by atoms with Crippen LogP contribution in [0.15, 0.2) is 12.4 Å². The molecule has 2 aromatic heterocycles. The molecule has 0 bridgehead atoms. The Bertz CT molecular complexity index is 849. The van der Waals surface area contributed by atoms with Crippen molar-refractivity contribution >= 4 is 5.91 Å². The van der Waals surface area contributed by atoms with Gasteiger partial charge < -0.3 is 14.2 Å². The largest absolute Gasteiger partial charge is 0.381 e. The van der Waals surface area contributed by atoms with E-state index in [2.05, 4.69) is 33.7 Å². The van der Waals surface area contributed by atoms with Gasteiger partial charge >= 0.3 is 0 Å². The summed E-state index contributed by atoms with van der Waals surface area (Å²) >= 11 is 0. The fourth-order valence-corrected chi connectivity index (χ4v) is 4.80. The van der Waals surface area contributed by atoms with Gasteiger partial charge in [0.1, 0.15) is 17.8 Å². The number of carbonyl (C=O) groups excluding carboxylic acids is 1. The maximum Gasteiger partial charge on any atom is 0.272 e. The van der Waals surface area contributed by atoms with E-state index in [1.807, 2.05) is 31.3 Å². The summed E-state index contributed by atoms with van der Waals surface area (Å²) in [5, 5.41) is 13.1. The highest BCUT2D eigenvalue weighted by molar-refractivity contribution is 5.93. The van der Waals surface area contributed by atoms with E-state index < -0.39 is 0 Å². The highest BCUT2D eigenvalue weighted by Crippen LogP contribution is 2.49. The summed E-state index contributed by atoms with van der Waals surface area (Å²) in [5.74, 6) is 1.74. The lowest BCUT2D eigenvalue weighted by atomic mass is 9.71. The minimum Gasteiger partial charge on any atom is -0.381 e. The van der Waals surface area contributed by atoms with Gasteiger partial charge in [-0.05, 0) is 31.7 Å². The number of carbonyl (C=O) groups is 1. The van der Waals surface area contributed by atoms with Crippen LogP contribution in [0.25, 0.3) is 0 Å². The number of likely N-dealkylation sites (tertiary alicyclic amines) is 1. The molecule has 2 aliphatic heterocycles. The molecule has 152 valence electrons. The highest BCUT2D eigenvalue weighted by Gasteiger charge is 2.51. The van der Waals surface area contributed by atoms with Gasteiger partial charge in [0.15, 0.2) is 0 Å². The number of aromatic nitrogens is 5. The molecule has 1 amide bonds. The van der Waals surface area contributed by atoms with Crippen LogP contribution >= 0.6 is 0 Å². The molecule has 2 saturated heterocycles. The first-order valence-corrected chi connectivity index (χ1v) is 10.1. The lowest BCUT2D eigenvalue weighted by molar-refractivity contribution is 0.0106. The van der Waals surface area contributed by atoms with E-state index in [4.69, 9.17) is 4.74 Å². The molecule has 8 heteroatoms. The third-order valence-electron chi connectivity index (χ3n) is 6.16. The summed E-state index contributed by atoms with van der Waals surface area (Å²) in [4.78, 5) is 15.3. The van der Waals surface area contributed by atoms with E-state index in [-0.39, 0.29) is 17.2 Å². The van der Waals surface area contributed by atoms with Gasteiger partial charge in [-0.1, -0.05) is 13.8 Å². The molecule has 2 aromatic rings. The molecule has 0 aliphatic carbocycles. The van der Waals surface area contributed by atoms with Crippen molar-refractivity contribution in [2.75, 3.05) is 26.3 Å². The number of rotatable bonds is 4. The number of aryl methyl sites for hydroxylation is 2. The third-order valence-corrected chi connectivity index (χ3v) is 6.16. The molecule has 4 heterocycles. The zero-order chi connectivity index (χ0) is 19.9. The lowest BCUT2D eigenvalue weighted by Gasteiger charge is -2.37. The van der Waals surface area contributed by atoms with Crippen LogP contribution in [0.1, 0.15) is 54.6 Å². The van der Waals surface area contributed by atoms with Crippen LogP contribution in [0.3, 0.4) is 0 Å². The second kappa shape index (κ2) is 7.31. The van der Waals surface area contributed by atoms with Crippen LogP contribution in [0, 0.1) is 18.3 Å². The van der Waals surface area contributed by atoms with Crippen LogP contribution in [0.2, 0.25) is 0 Å². The van der Waals surface area contributed by atoms with E-state index in [0.29, 0.717) is 18.2 Å². The second-order valence-electron chi connectivity index (χ2n) is 8.74. The molecule has 0 radical (unpaired) electrons. The van der Waals surface area contributed by atoms with E-state index in [1.165, 1.54) is 0 Å². The van der Waals surface area contributed by atoms with Gasteiger partial charge in [-0.15, -0.1) is 10.2 Å². The van der Waals surface area contributed by atoms with E-state index in [0.717, 1.165) is 50.7 Å². The smallest absolute Gasteiger partial charge is 0.272 e. The van der Waals surface area contributed by atoms with E-state index >= 15 is 0 Å². The van der Waals surface area contributed by atoms with Gasteiger partial charge in [0.2, 0.25) is 0 Å². The van der Waals surface area contributed by atoms with Crippen molar-refractivity contribution in [3.8, 4) is 0 Å². The van der Waals surface area contributed by atoms with E-state index in [1.54, 1.807) is 4.68 Å². The molecule has 2 aliphatic rings. The van der Waals surface area contributed by atoms with Crippen molar-refractivity contribution in [1.82, 2.24) is 29.4 Å². The van der Waals surface area contributed by atoms with Crippen LogP contribution < -0.4 is 0 Å². The molecule has 0 saturated carbocycles. The Morgan fingerprint density at radius 2 is 2.11 bits per heavy atom. The number of amides is 1. The van der Waals surface area contributed by atoms with Gasteiger partial charge in [-0.3, -0.25) is 9.48 Å². The number of hydrogen-bond donors (Lipinski definition) is 0. The van der Waals surface area contributed by atoms with Crippen molar-refractivity contribution in [2.24, 2.45) is 18.4 Å². The fourth-order valence-electron chi connectivity index (χ4n) is 4.80. The van der Waals surface area contributed by atoms with Gasteiger partial charge in [-0.2, -0.15) is 5.10 Å². The lowest BCUT2D eigenvalue weighted by Crippen LogP contribution is -2.38. The first-order valence-electron chi connectivity index (χ1n) is 10.1. The Morgan fingerprint density at radius 3 is 2.75 bits per heavy atom. The summed E-state index contributed by atoms with van der Waals surface area (Å²) in [5.41, 5.74) is 1.51. The molecular formula is C20H30N6O2. The molecule has 1 spiro atoms. The maximum absolute atomic E-state index is 13.3. The number of nitrogens with zero attached hydrogens (tertiary/aromatic N) is 6. The Kier molecular flexibility index (Phi) is 4.99.